The molecule has 1 saturated carbocycles. The molecule has 64 valence electrons. The molecule has 4 nitrogen and oxygen atoms in total. The highest BCUT2D eigenvalue weighted by Crippen LogP contribution is 2.31. The first-order valence-corrected chi connectivity index (χ1v) is 4.12. The monoisotopic (exact) mass is 165 g/mol. The van der Waals surface area contributed by atoms with Crippen LogP contribution in [-0.2, 0) is 0 Å². The number of amides is 1. The number of hydrogen-bond donors (Lipinski definition) is 1. The molecule has 0 bridgehead atoms. The summed E-state index contributed by atoms with van der Waals surface area (Å²) in [5, 5.41) is 4.08. The Morgan fingerprint density at radius 2 is 2.42 bits per heavy atom. The van der Waals surface area contributed by atoms with Gasteiger partial charge in [-0.25, -0.2) is 0 Å². The summed E-state index contributed by atoms with van der Waals surface area (Å²) < 4.78 is 1.74. The van der Waals surface area contributed by atoms with Crippen molar-refractivity contribution in [2.45, 2.75) is 25.3 Å². The normalized spacial score (nSPS) is 17.3. The molecule has 1 amide bonds. The van der Waals surface area contributed by atoms with E-state index in [1.54, 1.807) is 16.9 Å². The van der Waals surface area contributed by atoms with Gasteiger partial charge in [-0.15, -0.1) is 0 Å². The van der Waals surface area contributed by atoms with Gasteiger partial charge in [-0.05, 0) is 25.3 Å². The summed E-state index contributed by atoms with van der Waals surface area (Å²) in [6.07, 6.45) is 5.07. The molecule has 2 rings (SSSR count). The zero-order valence-electron chi connectivity index (χ0n) is 6.73. The smallest absolute Gasteiger partial charge is 0.266 e. The van der Waals surface area contributed by atoms with Crippen LogP contribution in [0.5, 0.6) is 0 Å². The lowest BCUT2D eigenvalue weighted by Crippen LogP contribution is -2.25. The molecule has 1 aliphatic carbocycles. The lowest BCUT2D eigenvalue weighted by molar-refractivity contribution is 0.0982. The van der Waals surface area contributed by atoms with Crippen LogP contribution in [0.4, 0.5) is 0 Å². The van der Waals surface area contributed by atoms with Crippen molar-refractivity contribution in [1.82, 2.24) is 9.78 Å². The average molecular weight is 165 g/mol. The Kier molecular flexibility index (Phi) is 1.60. The third kappa shape index (κ3) is 0.995. The van der Waals surface area contributed by atoms with Gasteiger partial charge in [-0.1, -0.05) is 0 Å². The van der Waals surface area contributed by atoms with Gasteiger partial charge in [0.15, 0.2) is 0 Å². The van der Waals surface area contributed by atoms with Gasteiger partial charge in [-0.2, -0.15) is 5.10 Å². The molecule has 0 unspecified atom stereocenters. The minimum Gasteiger partial charge on any atom is -0.364 e. The van der Waals surface area contributed by atoms with E-state index in [1.165, 1.54) is 6.42 Å². The Labute approximate surface area is 70.4 Å². The van der Waals surface area contributed by atoms with Gasteiger partial charge in [-0.3, -0.25) is 9.48 Å². The van der Waals surface area contributed by atoms with Crippen molar-refractivity contribution in [3.8, 4) is 0 Å². The minimum atomic E-state index is -0.389. The SMILES string of the molecule is NC(=O)c1ccnn1C1CCC1. The van der Waals surface area contributed by atoms with Crippen LogP contribution in [0.1, 0.15) is 35.8 Å². The summed E-state index contributed by atoms with van der Waals surface area (Å²) in [5.41, 5.74) is 5.70. The van der Waals surface area contributed by atoms with Crippen LogP contribution in [0.25, 0.3) is 0 Å². The molecule has 0 spiro atoms. The van der Waals surface area contributed by atoms with Crippen molar-refractivity contribution in [2.24, 2.45) is 5.73 Å². The molecule has 0 atom stereocenters. The fourth-order valence-corrected chi connectivity index (χ4v) is 1.43. The Hall–Kier alpha value is -1.32. The van der Waals surface area contributed by atoms with E-state index in [2.05, 4.69) is 5.10 Å². The lowest BCUT2D eigenvalue weighted by Gasteiger charge is -2.26. The van der Waals surface area contributed by atoms with Crippen LogP contribution in [0.3, 0.4) is 0 Å². The van der Waals surface area contributed by atoms with Crippen LogP contribution in [0.15, 0.2) is 12.3 Å². The van der Waals surface area contributed by atoms with Gasteiger partial charge in [0.1, 0.15) is 5.69 Å². The van der Waals surface area contributed by atoms with Gasteiger partial charge in [0.25, 0.3) is 5.91 Å². The highest BCUT2D eigenvalue weighted by atomic mass is 16.1. The molecular formula is C8H11N3O. The van der Waals surface area contributed by atoms with E-state index in [-0.39, 0.29) is 5.91 Å². The molecule has 1 aromatic rings. The first kappa shape index (κ1) is 7.34. The minimum absolute atomic E-state index is 0.389. The van der Waals surface area contributed by atoms with Crippen molar-refractivity contribution < 1.29 is 4.79 Å². The van der Waals surface area contributed by atoms with E-state index in [1.807, 2.05) is 0 Å². The molecule has 0 saturated heterocycles. The van der Waals surface area contributed by atoms with Crippen molar-refractivity contribution in [1.29, 1.82) is 0 Å². The summed E-state index contributed by atoms with van der Waals surface area (Å²) >= 11 is 0. The van der Waals surface area contributed by atoms with Crippen LogP contribution in [0.2, 0.25) is 0 Å². The molecule has 0 radical (unpaired) electrons. The van der Waals surface area contributed by atoms with Crippen molar-refractivity contribution in [3.05, 3.63) is 18.0 Å². The number of nitrogens with two attached hydrogens (primary N) is 1. The van der Waals surface area contributed by atoms with Crippen LogP contribution >= 0.6 is 0 Å². The predicted molar refractivity (Wildman–Crippen MR) is 43.6 cm³/mol. The van der Waals surface area contributed by atoms with Crippen LogP contribution in [0, 0.1) is 0 Å². The maximum absolute atomic E-state index is 10.9. The summed E-state index contributed by atoms with van der Waals surface area (Å²) in [5.74, 6) is -0.389. The summed E-state index contributed by atoms with van der Waals surface area (Å²) in [6.45, 7) is 0. The molecule has 1 fully saturated rings. The summed E-state index contributed by atoms with van der Waals surface area (Å²) in [7, 11) is 0. The quantitative estimate of drug-likeness (QED) is 0.701. The molecule has 1 heterocycles. The number of hydrogen-bond acceptors (Lipinski definition) is 2. The first-order chi connectivity index (χ1) is 5.79. The number of primary amides is 1. The molecule has 1 aromatic heterocycles. The molecule has 4 heteroatoms. The fraction of sp³-hybridized carbons (Fsp3) is 0.500. The second kappa shape index (κ2) is 2.62. The van der Waals surface area contributed by atoms with Crippen molar-refractivity contribution in [2.75, 3.05) is 0 Å². The van der Waals surface area contributed by atoms with Crippen molar-refractivity contribution in [3.63, 3.8) is 0 Å². The van der Waals surface area contributed by atoms with Gasteiger partial charge in [0.2, 0.25) is 0 Å². The van der Waals surface area contributed by atoms with E-state index in [0.29, 0.717) is 11.7 Å². The lowest BCUT2D eigenvalue weighted by atomic mass is 9.93. The number of carbonyl (C=O) groups is 1. The second-order valence-electron chi connectivity index (χ2n) is 3.11. The van der Waals surface area contributed by atoms with Gasteiger partial charge >= 0.3 is 0 Å². The molecule has 2 N–H and O–H groups in total. The van der Waals surface area contributed by atoms with E-state index >= 15 is 0 Å². The second-order valence-corrected chi connectivity index (χ2v) is 3.11. The summed E-state index contributed by atoms with van der Waals surface area (Å²) in [4.78, 5) is 10.9. The molecule has 1 aliphatic rings. The summed E-state index contributed by atoms with van der Waals surface area (Å²) in [6, 6.07) is 2.07. The predicted octanol–water partition coefficient (Wildman–Crippen LogP) is 0.707. The maximum Gasteiger partial charge on any atom is 0.266 e. The van der Waals surface area contributed by atoms with E-state index in [9.17, 15) is 4.79 Å². The topological polar surface area (TPSA) is 60.9 Å². The van der Waals surface area contributed by atoms with Crippen LogP contribution in [-0.4, -0.2) is 15.7 Å². The number of carbonyl (C=O) groups excluding carboxylic acids is 1. The number of nitrogens with zero attached hydrogens (tertiary/aromatic N) is 2. The first-order valence-electron chi connectivity index (χ1n) is 4.12. The third-order valence-electron chi connectivity index (χ3n) is 2.34. The van der Waals surface area contributed by atoms with E-state index in [4.69, 9.17) is 5.73 Å². The average Bonchev–Trinajstić information content (AvgIpc) is 2.31. The molecule has 12 heavy (non-hydrogen) atoms. The maximum atomic E-state index is 10.9. The van der Waals surface area contributed by atoms with E-state index in [0.717, 1.165) is 12.8 Å². The van der Waals surface area contributed by atoms with Gasteiger partial charge in [0.05, 0.1) is 6.04 Å². The van der Waals surface area contributed by atoms with Crippen molar-refractivity contribution >= 4 is 5.91 Å². The fourth-order valence-electron chi connectivity index (χ4n) is 1.43. The standard InChI is InChI=1S/C8H11N3O/c9-8(12)7-4-5-10-11(7)6-2-1-3-6/h4-6H,1-3H2,(H2,9,12). The highest BCUT2D eigenvalue weighted by molar-refractivity contribution is 5.90. The Bertz CT molecular complexity index is 301. The largest absolute Gasteiger partial charge is 0.364 e. The number of rotatable bonds is 2. The zero-order valence-corrected chi connectivity index (χ0v) is 6.73. The van der Waals surface area contributed by atoms with E-state index < -0.39 is 0 Å². The Balaban J connectivity index is 2.29. The van der Waals surface area contributed by atoms with Crippen LogP contribution < -0.4 is 5.73 Å². The third-order valence-corrected chi connectivity index (χ3v) is 2.34. The number of aromatic nitrogens is 2. The van der Waals surface area contributed by atoms with Gasteiger partial charge < -0.3 is 5.73 Å². The molecule has 0 aromatic carbocycles. The highest BCUT2D eigenvalue weighted by Gasteiger charge is 2.23. The Morgan fingerprint density at radius 3 is 2.92 bits per heavy atom. The molecule has 0 aliphatic heterocycles. The molecular weight excluding hydrogens is 154 g/mol. The van der Waals surface area contributed by atoms with Gasteiger partial charge in [0, 0.05) is 6.20 Å². The zero-order chi connectivity index (χ0) is 8.55. The Morgan fingerprint density at radius 1 is 1.67 bits per heavy atom.